The van der Waals surface area contributed by atoms with E-state index in [-0.39, 0.29) is 12.1 Å². The van der Waals surface area contributed by atoms with E-state index in [4.69, 9.17) is 14.7 Å². The fourth-order valence-electron chi connectivity index (χ4n) is 4.39. The summed E-state index contributed by atoms with van der Waals surface area (Å²) in [6.45, 7) is 8.46. The van der Waals surface area contributed by atoms with Crippen LogP contribution in [-0.2, 0) is 17.7 Å². The van der Waals surface area contributed by atoms with Crippen molar-refractivity contribution < 1.29 is 9.53 Å². The highest BCUT2D eigenvalue weighted by Crippen LogP contribution is 2.33. The Hall–Kier alpha value is -3.24. The van der Waals surface area contributed by atoms with Crippen LogP contribution in [0.25, 0.3) is 11.4 Å². The molecule has 2 aromatic heterocycles. The number of aromatic nitrogens is 3. The molecule has 0 unspecified atom stereocenters. The zero-order valence-corrected chi connectivity index (χ0v) is 20.3. The molecule has 4 heterocycles. The van der Waals surface area contributed by atoms with E-state index in [1.54, 1.807) is 11.3 Å². The fourth-order valence-corrected chi connectivity index (χ4v) is 5.06. The van der Waals surface area contributed by atoms with Crippen molar-refractivity contribution in [2.24, 2.45) is 0 Å². The Labute approximate surface area is 203 Å². The lowest BCUT2D eigenvalue weighted by Crippen LogP contribution is -2.45. The van der Waals surface area contributed by atoms with Gasteiger partial charge in [0.05, 0.1) is 31.5 Å². The van der Waals surface area contributed by atoms with E-state index in [9.17, 15) is 4.79 Å². The van der Waals surface area contributed by atoms with Gasteiger partial charge in [-0.15, -0.1) is 11.3 Å². The van der Waals surface area contributed by atoms with Crippen LogP contribution in [-0.4, -0.2) is 59.9 Å². The molecular weight excluding hydrogens is 450 g/mol. The zero-order valence-electron chi connectivity index (χ0n) is 19.5. The first-order valence-corrected chi connectivity index (χ1v) is 12.5. The van der Waals surface area contributed by atoms with E-state index in [0.717, 1.165) is 47.4 Å². The molecule has 1 atom stereocenters. The molecule has 0 spiro atoms. The normalized spacial score (nSPS) is 17.9. The van der Waals surface area contributed by atoms with Crippen molar-refractivity contribution in [1.29, 1.82) is 0 Å². The largest absolute Gasteiger partial charge is 0.377 e. The summed E-state index contributed by atoms with van der Waals surface area (Å²) in [5.41, 5.74) is 3.91. The minimum absolute atomic E-state index is 0.217. The number of rotatable bonds is 5. The van der Waals surface area contributed by atoms with Gasteiger partial charge in [-0.25, -0.2) is 19.7 Å². The third-order valence-electron chi connectivity index (χ3n) is 6.11. The molecule has 0 radical (unpaired) electrons. The van der Waals surface area contributed by atoms with Gasteiger partial charge < -0.3 is 25.2 Å². The number of fused-ring (bicyclic) bond motifs is 1. The highest BCUT2D eigenvalue weighted by molar-refractivity contribution is 7.13. The summed E-state index contributed by atoms with van der Waals surface area (Å²) in [5.74, 6) is 1.71. The molecular formula is C24H29N7O2S. The number of morpholine rings is 1. The quantitative estimate of drug-likeness (QED) is 0.578. The number of anilines is 3. The molecule has 10 heteroatoms. The van der Waals surface area contributed by atoms with E-state index in [1.807, 2.05) is 42.8 Å². The molecule has 34 heavy (non-hydrogen) atoms. The van der Waals surface area contributed by atoms with Crippen molar-refractivity contribution in [3.8, 4) is 11.4 Å². The summed E-state index contributed by atoms with van der Waals surface area (Å²) in [6.07, 6.45) is 2.72. The number of amides is 2. The molecule has 3 aromatic rings. The van der Waals surface area contributed by atoms with Gasteiger partial charge in [0.1, 0.15) is 5.82 Å². The van der Waals surface area contributed by atoms with Gasteiger partial charge in [0.2, 0.25) is 0 Å². The molecule has 2 aliphatic rings. The van der Waals surface area contributed by atoms with Gasteiger partial charge in [0.25, 0.3) is 0 Å². The number of carbonyl (C=O) groups excluding carboxylic acids is 1. The molecule has 0 aliphatic carbocycles. The number of nitrogens with one attached hydrogen (secondary N) is 2. The lowest BCUT2D eigenvalue weighted by Gasteiger charge is -2.37. The third kappa shape index (κ3) is 4.69. The topological polar surface area (TPSA) is 95.5 Å². The van der Waals surface area contributed by atoms with Crippen molar-refractivity contribution in [2.45, 2.75) is 32.9 Å². The van der Waals surface area contributed by atoms with Crippen molar-refractivity contribution in [2.75, 3.05) is 48.0 Å². The van der Waals surface area contributed by atoms with Crippen LogP contribution >= 0.6 is 11.3 Å². The van der Waals surface area contributed by atoms with Gasteiger partial charge in [0, 0.05) is 48.0 Å². The highest BCUT2D eigenvalue weighted by atomic mass is 32.1. The number of urea groups is 1. The lowest BCUT2D eigenvalue weighted by atomic mass is 10.0. The van der Waals surface area contributed by atoms with E-state index in [2.05, 4.69) is 32.3 Å². The van der Waals surface area contributed by atoms with Crippen LogP contribution < -0.4 is 20.4 Å². The molecule has 2 amide bonds. The van der Waals surface area contributed by atoms with E-state index < -0.39 is 0 Å². The summed E-state index contributed by atoms with van der Waals surface area (Å²) in [4.78, 5) is 31.1. The first kappa shape index (κ1) is 22.5. The molecule has 2 aliphatic heterocycles. The van der Waals surface area contributed by atoms with Crippen LogP contribution in [0.3, 0.4) is 0 Å². The molecule has 9 nitrogen and oxygen atoms in total. The maximum absolute atomic E-state index is 11.8. The predicted molar refractivity (Wildman–Crippen MR) is 135 cm³/mol. The molecule has 1 aromatic carbocycles. The zero-order chi connectivity index (χ0) is 23.5. The highest BCUT2D eigenvalue weighted by Gasteiger charge is 2.29. The molecule has 5 rings (SSSR count). The van der Waals surface area contributed by atoms with Gasteiger partial charge >= 0.3 is 6.03 Å². The maximum Gasteiger partial charge on any atom is 0.319 e. The van der Waals surface area contributed by atoms with Crippen molar-refractivity contribution in [3.05, 3.63) is 47.1 Å². The Bertz CT molecular complexity index is 1140. The fraction of sp³-hybridized carbons (Fsp3) is 0.417. The number of ether oxygens (including phenoxy) is 1. The number of hydrogen-bond acceptors (Lipinski definition) is 8. The second kappa shape index (κ2) is 9.94. The van der Waals surface area contributed by atoms with Gasteiger partial charge in [-0.05, 0) is 44.5 Å². The second-order valence-corrected chi connectivity index (χ2v) is 9.33. The van der Waals surface area contributed by atoms with Crippen LogP contribution in [0.5, 0.6) is 0 Å². The van der Waals surface area contributed by atoms with Gasteiger partial charge in [-0.1, -0.05) is 0 Å². The van der Waals surface area contributed by atoms with Crippen molar-refractivity contribution >= 4 is 34.0 Å². The average Bonchev–Trinajstić information content (AvgIpc) is 3.39. The minimum Gasteiger partial charge on any atom is -0.377 e. The number of nitrogens with zero attached hydrogens (tertiary/aromatic N) is 5. The average molecular weight is 480 g/mol. The van der Waals surface area contributed by atoms with E-state index >= 15 is 0 Å². The third-order valence-corrected chi connectivity index (χ3v) is 6.94. The monoisotopic (exact) mass is 479 g/mol. The number of carbonyl (C=O) groups is 1. The summed E-state index contributed by atoms with van der Waals surface area (Å²) < 4.78 is 5.68. The second-order valence-electron chi connectivity index (χ2n) is 8.46. The predicted octanol–water partition coefficient (Wildman–Crippen LogP) is 3.53. The summed E-state index contributed by atoms with van der Waals surface area (Å²) in [6, 6.07) is 7.71. The molecule has 178 valence electrons. The first-order valence-electron chi connectivity index (χ1n) is 11.7. The van der Waals surface area contributed by atoms with Crippen LogP contribution in [0.15, 0.2) is 35.8 Å². The molecule has 0 bridgehead atoms. The molecule has 1 saturated heterocycles. The first-order chi connectivity index (χ1) is 16.6. The van der Waals surface area contributed by atoms with Crippen LogP contribution in [0.1, 0.15) is 25.1 Å². The Balaban J connectivity index is 1.49. The summed E-state index contributed by atoms with van der Waals surface area (Å²) in [7, 11) is 0. The van der Waals surface area contributed by atoms with Gasteiger partial charge in [0.15, 0.2) is 11.0 Å². The maximum atomic E-state index is 11.8. The minimum atomic E-state index is -0.217. The van der Waals surface area contributed by atoms with Crippen molar-refractivity contribution in [3.63, 3.8) is 0 Å². The summed E-state index contributed by atoms with van der Waals surface area (Å²) >= 11 is 1.65. The number of hydrogen-bond donors (Lipinski definition) is 2. The van der Waals surface area contributed by atoms with E-state index in [0.29, 0.717) is 32.1 Å². The van der Waals surface area contributed by atoms with Crippen LogP contribution in [0.2, 0.25) is 0 Å². The Kier molecular flexibility index (Phi) is 6.59. The SMILES string of the molecule is CCNC(=O)Nc1ccc(-c2nc3c(c(N4CCOC[C@@H]4C)n2)CCN(c2nccs2)C3)cc1. The summed E-state index contributed by atoms with van der Waals surface area (Å²) in [5, 5.41) is 8.60. The Morgan fingerprint density at radius 1 is 1.24 bits per heavy atom. The number of thiazole rings is 1. The Morgan fingerprint density at radius 3 is 2.82 bits per heavy atom. The Morgan fingerprint density at radius 2 is 2.09 bits per heavy atom. The van der Waals surface area contributed by atoms with E-state index in [1.165, 1.54) is 5.56 Å². The standard InChI is InChI=1S/C24H29N7O2S/c1-3-25-23(32)27-18-6-4-17(5-7-18)21-28-20-14-30(24-26-9-13-34-24)10-8-19(20)22(29-21)31-11-12-33-15-16(31)2/h4-7,9,13,16H,3,8,10-12,14-15H2,1-2H3,(H2,25,27,32)/t16-/m0/s1. The lowest BCUT2D eigenvalue weighted by molar-refractivity contribution is 0.0984. The molecule has 2 N–H and O–H groups in total. The van der Waals surface area contributed by atoms with Gasteiger partial charge in [-0.3, -0.25) is 0 Å². The smallest absolute Gasteiger partial charge is 0.319 e. The molecule has 0 saturated carbocycles. The van der Waals surface area contributed by atoms with Gasteiger partial charge in [-0.2, -0.15) is 0 Å². The molecule has 1 fully saturated rings. The van der Waals surface area contributed by atoms with Crippen LogP contribution in [0, 0.1) is 0 Å². The van der Waals surface area contributed by atoms with Crippen molar-refractivity contribution in [1.82, 2.24) is 20.3 Å². The van der Waals surface area contributed by atoms with Crippen LogP contribution in [0.4, 0.5) is 21.4 Å². The number of benzene rings is 1.